The van der Waals surface area contributed by atoms with Gasteiger partial charge in [0.25, 0.3) is 5.91 Å². The van der Waals surface area contributed by atoms with Gasteiger partial charge in [0.2, 0.25) is 5.91 Å². The second-order valence-corrected chi connectivity index (χ2v) is 6.83. The van der Waals surface area contributed by atoms with Crippen LogP contribution in [-0.4, -0.2) is 40.9 Å². The molecule has 1 aliphatic heterocycles. The van der Waals surface area contributed by atoms with E-state index in [1.165, 1.54) is 17.7 Å². The lowest BCUT2D eigenvalue weighted by Crippen LogP contribution is -2.44. The van der Waals surface area contributed by atoms with Crippen LogP contribution in [0.2, 0.25) is 0 Å². The average molecular weight is 307 g/mol. The number of urea groups is 1. The van der Waals surface area contributed by atoms with Gasteiger partial charge >= 0.3 is 6.03 Å². The largest absolute Gasteiger partial charge is 0.353 e. The molecule has 22 heavy (non-hydrogen) atoms. The van der Waals surface area contributed by atoms with Crippen molar-refractivity contribution < 1.29 is 14.4 Å². The van der Waals surface area contributed by atoms with Crippen molar-refractivity contribution in [2.45, 2.75) is 75.8 Å². The van der Waals surface area contributed by atoms with E-state index in [9.17, 15) is 14.4 Å². The second kappa shape index (κ2) is 6.26. The van der Waals surface area contributed by atoms with Crippen LogP contribution in [0, 0.1) is 0 Å². The van der Waals surface area contributed by atoms with Gasteiger partial charge in [-0.1, -0.05) is 25.7 Å². The highest BCUT2D eigenvalue weighted by Gasteiger charge is 2.51. The van der Waals surface area contributed by atoms with Crippen molar-refractivity contribution in [3.05, 3.63) is 0 Å². The molecule has 2 N–H and O–H groups in total. The number of carbonyl (C=O) groups is 3. The first-order chi connectivity index (χ1) is 10.6. The molecule has 0 bridgehead atoms. The summed E-state index contributed by atoms with van der Waals surface area (Å²) < 4.78 is 0. The number of nitrogens with one attached hydrogen (secondary N) is 2. The lowest BCUT2D eigenvalue weighted by molar-refractivity contribution is -0.131. The van der Waals surface area contributed by atoms with E-state index < -0.39 is 5.54 Å². The maximum absolute atomic E-state index is 12.4. The van der Waals surface area contributed by atoms with Crippen LogP contribution in [0.5, 0.6) is 0 Å². The fourth-order valence-corrected chi connectivity index (χ4v) is 3.96. The number of rotatable bonds is 5. The minimum Gasteiger partial charge on any atom is -0.353 e. The third kappa shape index (κ3) is 2.96. The fraction of sp³-hybridized carbons (Fsp3) is 0.812. The molecule has 2 aliphatic carbocycles. The lowest BCUT2D eigenvalue weighted by Gasteiger charge is -2.20. The van der Waals surface area contributed by atoms with Crippen LogP contribution in [0.25, 0.3) is 0 Å². The molecule has 0 aromatic rings. The number of amides is 4. The standard InChI is InChI=1S/C16H25N3O3/c20-13(17-12-6-1-2-7-12)8-5-11-19-14(21)16(18-15(19)22)9-3-4-10-16/h12H,1-11H2,(H,17,20)(H,18,22). The van der Waals surface area contributed by atoms with E-state index in [0.717, 1.165) is 38.5 Å². The Balaban J connectivity index is 1.44. The number of hydrogen-bond donors (Lipinski definition) is 2. The van der Waals surface area contributed by atoms with Crippen LogP contribution in [-0.2, 0) is 9.59 Å². The molecule has 3 fully saturated rings. The van der Waals surface area contributed by atoms with Crippen molar-refractivity contribution in [2.24, 2.45) is 0 Å². The van der Waals surface area contributed by atoms with E-state index in [0.29, 0.717) is 25.4 Å². The van der Waals surface area contributed by atoms with Gasteiger partial charge in [0.15, 0.2) is 0 Å². The minimum atomic E-state index is -0.636. The Morgan fingerprint density at radius 3 is 2.55 bits per heavy atom. The fourth-order valence-electron chi connectivity index (χ4n) is 3.96. The van der Waals surface area contributed by atoms with Crippen LogP contribution in [0.3, 0.4) is 0 Å². The van der Waals surface area contributed by atoms with Crippen molar-refractivity contribution in [1.82, 2.24) is 15.5 Å². The van der Waals surface area contributed by atoms with Crippen molar-refractivity contribution >= 4 is 17.8 Å². The molecule has 0 radical (unpaired) electrons. The Kier molecular flexibility index (Phi) is 4.36. The van der Waals surface area contributed by atoms with Crippen LogP contribution >= 0.6 is 0 Å². The van der Waals surface area contributed by atoms with E-state index in [1.807, 2.05) is 0 Å². The highest BCUT2D eigenvalue weighted by atomic mass is 16.2. The second-order valence-electron chi connectivity index (χ2n) is 6.83. The lowest BCUT2D eigenvalue weighted by atomic mass is 9.98. The van der Waals surface area contributed by atoms with Gasteiger partial charge in [-0.2, -0.15) is 0 Å². The molecule has 0 aromatic heterocycles. The van der Waals surface area contributed by atoms with Gasteiger partial charge in [0.05, 0.1) is 0 Å². The maximum atomic E-state index is 12.4. The first-order valence-corrected chi connectivity index (χ1v) is 8.54. The van der Waals surface area contributed by atoms with Crippen molar-refractivity contribution in [3.63, 3.8) is 0 Å². The zero-order chi connectivity index (χ0) is 15.6. The molecule has 6 nitrogen and oxygen atoms in total. The molecular formula is C16H25N3O3. The van der Waals surface area contributed by atoms with Gasteiger partial charge in [-0.25, -0.2) is 4.79 Å². The van der Waals surface area contributed by atoms with E-state index in [1.54, 1.807) is 0 Å². The van der Waals surface area contributed by atoms with Crippen LogP contribution in [0.15, 0.2) is 0 Å². The maximum Gasteiger partial charge on any atom is 0.325 e. The summed E-state index contributed by atoms with van der Waals surface area (Å²) in [6, 6.07) is 0.0362. The predicted octanol–water partition coefficient (Wildman–Crippen LogP) is 1.69. The molecule has 3 aliphatic rings. The predicted molar refractivity (Wildman–Crippen MR) is 81.1 cm³/mol. The summed E-state index contributed by atoms with van der Waals surface area (Å²) >= 11 is 0. The van der Waals surface area contributed by atoms with E-state index in [-0.39, 0.29) is 17.8 Å². The van der Waals surface area contributed by atoms with Gasteiger partial charge in [0, 0.05) is 19.0 Å². The van der Waals surface area contributed by atoms with Gasteiger partial charge in [-0.05, 0) is 32.1 Å². The molecule has 1 saturated heterocycles. The molecule has 0 unspecified atom stereocenters. The number of hydrogen-bond acceptors (Lipinski definition) is 3. The smallest absolute Gasteiger partial charge is 0.325 e. The molecule has 0 aromatic carbocycles. The summed E-state index contributed by atoms with van der Waals surface area (Å²) in [6.45, 7) is 0.338. The number of nitrogens with zero attached hydrogens (tertiary/aromatic N) is 1. The van der Waals surface area contributed by atoms with E-state index >= 15 is 0 Å². The summed E-state index contributed by atoms with van der Waals surface area (Å²) in [5, 5.41) is 5.90. The normalized spacial score (nSPS) is 24.3. The highest BCUT2D eigenvalue weighted by molar-refractivity contribution is 6.07. The van der Waals surface area contributed by atoms with Gasteiger partial charge in [-0.3, -0.25) is 14.5 Å². The monoisotopic (exact) mass is 307 g/mol. The Morgan fingerprint density at radius 2 is 1.86 bits per heavy atom. The molecule has 2 saturated carbocycles. The molecular weight excluding hydrogens is 282 g/mol. The zero-order valence-corrected chi connectivity index (χ0v) is 13.0. The molecule has 4 amide bonds. The van der Waals surface area contributed by atoms with E-state index in [4.69, 9.17) is 0 Å². The van der Waals surface area contributed by atoms with Crippen LogP contribution in [0.4, 0.5) is 4.79 Å². The summed E-state index contributed by atoms with van der Waals surface area (Å²) in [6.07, 6.45) is 8.90. The molecule has 0 atom stereocenters. The zero-order valence-electron chi connectivity index (χ0n) is 13.0. The van der Waals surface area contributed by atoms with Gasteiger partial charge in [-0.15, -0.1) is 0 Å². The average Bonchev–Trinajstić information content (AvgIpc) is 3.18. The van der Waals surface area contributed by atoms with E-state index in [2.05, 4.69) is 10.6 Å². The summed E-state index contributed by atoms with van der Waals surface area (Å²) in [4.78, 5) is 37.6. The van der Waals surface area contributed by atoms with Gasteiger partial charge < -0.3 is 10.6 Å². The quantitative estimate of drug-likeness (QED) is 0.759. The first-order valence-electron chi connectivity index (χ1n) is 8.54. The number of imide groups is 1. The van der Waals surface area contributed by atoms with Crippen molar-refractivity contribution in [2.75, 3.05) is 6.54 Å². The summed E-state index contributed by atoms with van der Waals surface area (Å²) in [5.74, 6) is -0.0549. The molecule has 1 spiro atoms. The summed E-state index contributed by atoms with van der Waals surface area (Å²) in [7, 11) is 0. The third-order valence-corrected chi connectivity index (χ3v) is 5.21. The van der Waals surface area contributed by atoms with Crippen LogP contribution < -0.4 is 10.6 Å². The molecule has 1 heterocycles. The summed E-state index contributed by atoms with van der Waals surface area (Å²) in [5.41, 5.74) is -0.636. The van der Waals surface area contributed by atoms with Gasteiger partial charge in [0.1, 0.15) is 5.54 Å². The Bertz CT molecular complexity index is 465. The van der Waals surface area contributed by atoms with Crippen LogP contribution in [0.1, 0.15) is 64.2 Å². The minimum absolute atomic E-state index is 0.0366. The highest BCUT2D eigenvalue weighted by Crippen LogP contribution is 2.35. The molecule has 122 valence electrons. The SMILES string of the molecule is O=C(CCCN1C(=O)NC2(CCCC2)C1=O)NC1CCCC1. The Morgan fingerprint density at radius 1 is 1.18 bits per heavy atom. The molecule has 3 rings (SSSR count). The first kappa shape index (κ1) is 15.3. The Hall–Kier alpha value is -1.59. The number of carbonyl (C=O) groups excluding carboxylic acids is 3. The third-order valence-electron chi connectivity index (χ3n) is 5.21. The Labute approximate surface area is 131 Å². The van der Waals surface area contributed by atoms with Crippen molar-refractivity contribution in [3.8, 4) is 0 Å². The topological polar surface area (TPSA) is 78.5 Å². The van der Waals surface area contributed by atoms with Crippen molar-refractivity contribution in [1.29, 1.82) is 0 Å². The molecule has 6 heteroatoms.